The second-order valence-electron chi connectivity index (χ2n) is 2.27. The summed E-state index contributed by atoms with van der Waals surface area (Å²) in [5.74, 6) is 1.73. The van der Waals surface area contributed by atoms with E-state index in [0.29, 0.717) is 6.61 Å². The summed E-state index contributed by atoms with van der Waals surface area (Å²) < 4.78 is 9.14. The third kappa shape index (κ3) is 3.90. The molecule has 72 valence electrons. The van der Waals surface area contributed by atoms with Crippen molar-refractivity contribution in [2.45, 2.75) is 0 Å². The van der Waals surface area contributed by atoms with Gasteiger partial charge in [-0.2, -0.15) is 12.6 Å². The van der Waals surface area contributed by atoms with Crippen molar-refractivity contribution in [3.05, 3.63) is 22.8 Å². The fraction of sp³-hybridized carbons (Fsp3) is 0.250. The third-order valence-corrected chi connectivity index (χ3v) is 3.71. The lowest BCUT2D eigenvalue weighted by Crippen LogP contribution is -2.01. The zero-order valence-corrected chi connectivity index (χ0v) is 13.9. The molecule has 5 heteroatoms. The molecule has 0 amide bonds. The predicted molar refractivity (Wildman–Crippen MR) is 83.9 cm³/mol. The van der Waals surface area contributed by atoms with Gasteiger partial charge in [-0.25, -0.2) is 0 Å². The van der Waals surface area contributed by atoms with Gasteiger partial charge in [-0.05, 0) is 79.9 Å². The van der Waals surface area contributed by atoms with Gasteiger partial charge in [0.25, 0.3) is 0 Å². The molecule has 1 aromatic carbocycles. The monoisotopic (exact) mass is 532 g/mol. The molecule has 0 saturated heterocycles. The zero-order chi connectivity index (χ0) is 9.84. The Morgan fingerprint density at radius 3 is 2.15 bits per heavy atom. The van der Waals surface area contributed by atoms with Gasteiger partial charge in [0.15, 0.2) is 0 Å². The Kier molecular flexibility index (Phi) is 6.03. The van der Waals surface area contributed by atoms with Crippen LogP contribution >= 0.6 is 80.4 Å². The van der Waals surface area contributed by atoms with Crippen molar-refractivity contribution in [1.82, 2.24) is 0 Å². The van der Waals surface area contributed by atoms with Crippen molar-refractivity contribution in [1.29, 1.82) is 0 Å². The van der Waals surface area contributed by atoms with Crippen LogP contribution < -0.4 is 4.74 Å². The van der Waals surface area contributed by atoms with E-state index in [1.165, 1.54) is 3.57 Å². The van der Waals surface area contributed by atoms with Crippen molar-refractivity contribution in [3.8, 4) is 5.75 Å². The highest BCUT2D eigenvalue weighted by Gasteiger charge is 2.06. The van der Waals surface area contributed by atoms with E-state index < -0.39 is 0 Å². The summed E-state index contributed by atoms with van der Waals surface area (Å²) in [6.45, 7) is 0.662. The second kappa shape index (κ2) is 6.21. The Balaban J connectivity index is 2.92. The number of rotatable bonds is 3. The van der Waals surface area contributed by atoms with Crippen LogP contribution in [0.3, 0.4) is 0 Å². The maximum Gasteiger partial charge on any atom is 0.146 e. The average Bonchev–Trinajstić information content (AvgIpc) is 2.02. The summed E-state index contributed by atoms with van der Waals surface area (Å²) in [4.78, 5) is 0. The molecular formula is C8H7I3OS. The molecule has 0 atom stereocenters. The van der Waals surface area contributed by atoms with Gasteiger partial charge in [-0.3, -0.25) is 0 Å². The number of thiol groups is 1. The second-order valence-corrected chi connectivity index (χ2v) is 6.29. The van der Waals surface area contributed by atoms with Gasteiger partial charge in [0.1, 0.15) is 5.75 Å². The summed E-state index contributed by atoms with van der Waals surface area (Å²) in [5, 5.41) is 0. The minimum absolute atomic E-state index is 0.662. The average molecular weight is 532 g/mol. The standard InChI is InChI=1S/C8H7I3OS/c9-5-3-6(10)8(7(11)4-5)12-1-2-13/h3-4,13H,1-2H2. The van der Waals surface area contributed by atoms with Crippen LogP contribution in [-0.2, 0) is 0 Å². The molecule has 0 radical (unpaired) electrons. The fourth-order valence-corrected chi connectivity index (χ4v) is 4.80. The maximum atomic E-state index is 5.58. The van der Waals surface area contributed by atoms with Crippen molar-refractivity contribution in [2.75, 3.05) is 12.4 Å². The van der Waals surface area contributed by atoms with E-state index in [4.69, 9.17) is 4.74 Å². The quantitative estimate of drug-likeness (QED) is 0.461. The molecule has 0 aliphatic rings. The van der Waals surface area contributed by atoms with Gasteiger partial charge in [-0.15, -0.1) is 0 Å². The summed E-state index contributed by atoms with van der Waals surface area (Å²) in [6, 6.07) is 4.22. The van der Waals surface area contributed by atoms with E-state index in [2.05, 4.69) is 92.5 Å². The molecular weight excluding hydrogens is 525 g/mol. The molecule has 0 N–H and O–H groups in total. The highest BCUT2D eigenvalue weighted by atomic mass is 127. The van der Waals surface area contributed by atoms with E-state index in [-0.39, 0.29) is 0 Å². The molecule has 1 nitrogen and oxygen atoms in total. The van der Waals surface area contributed by atoms with Gasteiger partial charge in [0, 0.05) is 9.32 Å². The molecule has 0 heterocycles. The summed E-state index contributed by atoms with van der Waals surface area (Å²) in [6.07, 6.45) is 0. The maximum absolute atomic E-state index is 5.58. The van der Waals surface area contributed by atoms with Crippen LogP contribution in [0, 0.1) is 10.7 Å². The number of hydrogen-bond acceptors (Lipinski definition) is 2. The Morgan fingerprint density at radius 2 is 1.69 bits per heavy atom. The van der Waals surface area contributed by atoms with Gasteiger partial charge in [0.05, 0.1) is 13.7 Å². The van der Waals surface area contributed by atoms with E-state index in [0.717, 1.165) is 18.6 Å². The lowest BCUT2D eigenvalue weighted by atomic mass is 10.3. The number of hydrogen-bond donors (Lipinski definition) is 1. The van der Waals surface area contributed by atoms with E-state index >= 15 is 0 Å². The highest BCUT2D eigenvalue weighted by molar-refractivity contribution is 14.1. The summed E-state index contributed by atoms with van der Waals surface area (Å²) in [7, 11) is 0. The molecule has 0 fully saturated rings. The Morgan fingerprint density at radius 1 is 1.15 bits per heavy atom. The highest BCUT2D eigenvalue weighted by Crippen LogP contribution is 2.29. The van der Waals surface area contributed by atoms with Crippen LogP contribution in [0.25, 0.3) is 0 Å². The van der Waals surface area contributed by atoms with Crippen molar-refractivity contribution in [3.63, 3.8) is 0 Å². The van der Waals surface area contributed by atoms with Gasteiger partial charge in [0.2, 0.25) is 0 Å². The molecule has 0 aliphatic carbocycles. The Bertz CT molecular complexity index is 280. The lowest BCUT2D eigenvalue weighted by molar-refractivity contribution is 0.339. The Labute approximate surface area is 124 Å². The van der Waals surface area contributed by atoms with E-state index in [1.807, 2.05) is 0 Å². The molecule has 1 rings (SSSR count). The van der Waals surface area contributed by atoms with Crippen molar-refractivity contribution < 1.29 is 4.74 Å². The van der Waals surface area contributed by atoms with Crippen molar-refractivity contribution >= 4 is 80.4 Å². The van der Waals surface area contributed by atoms with Gasteiger partial charge < -0.3 is 4.74 Å². The molecule has 0 aromatic heterocycles. The minimum atomic E-state index is 0.662. The summed E-state index contributed by atoms with van der Waals surface area (Å²) >= 11 is 11.0. The molecule has 0 spiro atoms. The van der Waals surface area contributed by atoms with Crippen LogP contribution in [0.15, 0.2) is 12.1 Å². The summed E-state index contributed by atoms with van der Waals surface area (Å²) in [5.41, 5.74) is 0. The number of halogens is 3. The zero-order valence-electron chi connectivity index (χ0n) is 6.56. The van der Waals surface area contributed by atoms with Gasteiger partial charge >= 0.3 is 0 Å². The molecule has 0 saturated carbocycles. The SMILES string of the molecule is SCCOc1c(I)cc(I)cc1I. The van der Waals surface area contributed by atoms with Crippen molar-refractivity contribution in [2.24, 2.45) is 0 Å². The van der Waals surface area contributed by atoms with E-state index in [9.17, 15) is 0 Å². The third-order valence-electron chi connectivity index (χ3n) is 1.30. The first-order valence-corrected chi connectivity index (χ1v) is 7.40. The van der Waals surface area contributed by atoms with E-state index in [1.54, 1.807) is 0 Å². The predicted octanol–water partition coefficient (Wildman–Crippen LogP) is 3.81. The smallest absolute Gasteiger partial charge is 0.146 e. The minimum Gasteiger partial charge on any atom is -0.491 e. The van der Waals surface area contributed by atoms with Crippen LogP contribution in [0.5, 0.6) is 5.75 Å². The first-order valence-electron chi connectivity index (χ1n) is 3.53. The molecule has 0 aliphatic heterocycles. The van der Waals surface area contributed by atoms with Crippen LogP contribution in [0.4, 0.5) is 0 Å². The largest absolute Gasteiger partial charge is 0.491 e. The first-order chi connectivity index (χ1) is 6.15. The Hall–Kier alpha value is 1.56. The lowest BCUT2D eigenvalue weighted by Gasteiger charge is -2.09. The molecule has 0 unspecified atom stereocenters. The fourth-order valence-electron chi connectivity index (χ4n) is 0.815. The van der Waals surface area contributed by atoms with Crippen LogP contribution in [0.2, 0.25) is 0 Å². The molecule has 1 aromatic rings. The molecule has 0 bridgehead atoms. The van der Waals surface area contributed by atoms with Crippen LogP contribution in [-0.4, -0.2) is 12.4 Å². The topological polar surface area (TPSA) is 9.23 Å². The first kappa shape index (κ1) is 12.6. The normalized spacial score (nSPS) is 10.2. The number of benzene rings is 1. The molecule has 13 heavy (non-hydrogen) atoms. The number of ether oxygens (including phenoxy) is 1. The van der Waals surface area contributed by atoms with Crippen LogP contribution in [0.1, 0.15) is 0 Å². The van der Waals surface area contributed by atoms with Gasteiger partial charge in [-0.1, -0.05) is 0 Å².